The van der Waals surface area contributed by atoms with Crippen LogP contribution < -0.4 is 5.32 Å². The summed E-state index contributed by atoms with van der Waals surface area (Å²) < 4.78 is 5.89. The average molecular weight is 292 g/mol. The van der Waals surface area contributed by atoms with E-state index in [-0.39, 0.29) is 0 Å². The summed E-state index contributed by atoms with van der Waals surface area (Å²) in [6.07, 6.45) is 3.95. The van der Waals surface area contributed by atoms with Gasteiger partial charge in [-0.15, -0.1) is 0 Å². The zero-order valence-electron chi connectivity index (χ0n) is 14.5. The summed E-state index contributed by atoms with van der Waals surface area (Å²) in [6, 6.07) is 2.73. The number of nitrogens with one attached hydrogen (secondary N) is 1. The van der Waals surface area contributed by atoms with E-state index < -0.39 is 0 Å². The molecule has 1 aliphatic heterocycles. The fourth-order valence-electron chi connectivity index (χ4n) is 3.01. The number of nitrogens with zero attached hydrogens (tertiary/aromatic N) is 1. The first-order chi connectivity index (χ1) is 9.85. The van der Waals surface area contributed by atoms with Crippen molar-refractivity contribution in [3.8, 4) is 0 Å². The van der Waals surface area contributed by atoms with Gasteiger partial charge in [-0.2, -0.15) is 0 Å². The van der Waals surface area contributed by atoms with E-state index in [1.807, 2.05) is 0 Å². The first kappa shape index (κ1) is 16.6. The molecule has 0 bridgehead atoms. The van der Waals surface area contributed by atoms with Gasteiger partial charge in [0.2, 0.25) is 0 Å². The molecule has 0 unspecified atom stereocenters. The predicted octanol–water partition coefficient (Wildman–Crippen LogP) is 4.10. The maximum absolute atomic E-state index is 5.89. The van der Waals surface area contributed by atoms with Crippen LogP contribution in [0.25, 0.3) is 0 Å². The lowest BCUT2D eigenvalue weighted by Gasteiger charge is -2.23. The van der Waals surface area contributed by atoms with Crippen LogP contribution >= 0.6 is 0 Å². The molecule has 0 saturated carbocycles. The lowest BCUT2D eigenvalue weighted by atomic mass is 9.85. The summed E-state index contributed by atoms with van der Waals surface area (Å²) >= 11 is 0. The van der Waals surface area contributed by atoms with Crippen LogP contribution in [-0.2, 0) is 13.1 Å². The Balaban J connectivity index is 1.93. The van der Waals surface area contributed by atoms with Crippen molar-refractivity contribution in [2.75, 3.05) is 13.1 Å². The Bertz CT molecular complexity index is 448. The smallest absolute Gasteiger partial charge is 0.118 e. The second-order valence-corrected chi connectivity index (χ2v) is 7.62. The summed E-state index contributed by atoms with van der Waals surface area (Å²) in [5.41, 5.74) is 1.86. The second-order valence-electron chi connectivity index (χ2n) is 7.62. The molecule has 0 radical (unpaired) electrons. The lowest BCUT2D eigenvalue weighted by Crippen LogP contribution is -2.25. The third kappa shape index (κ3) is 5.15. The van der Waals surface area contributed by atoms with Crippen LogP contribution in [0, 0.1) is 12.3 Å². The molecule has 2 heterocycles. The van der Waals surface area contributed by atoms with Crippen molar-refractivity contribution in [2.45, 2.75) is 73.0 Å². The van der Waals surface area contributed by atoms with Crippen molar-refractivity contribution in [3.05, 3.63) is 23.2 Å². The Hall–Kier alpha value is -0.800. The van der Waals surface area contributed by atoms with E-state index in [1.54, 1.807) is 0 Å². The van der Waals surface area contributed by atoms with E-state index in [4.69, 9.17) is 4.42 Å². The van der Waals surface area contributed by atoms with E-state index in [2.05, 4.69) is 50.9 Å². The molecule has 1 N–H and O–H groups in total. The SMILES string of the molecule is Cc1oc(CNC(C)C)cc1CN1CCCC(C)(C)CC1. The van der Waals surface area contributed by atoms with Gasteiger partial charge >= 0.3 is 0 Å². The third-order valence-corrected chi connectivity index (χ3v) is 4.58. The summed E-state index contributed by atoms with van der Waals surface area (Å²) in [5, 5.41) is 3.42. The van der Waals surface area contributed by atoms with Gasteiger partial charge in [-0.05, 0) is 50.8 Å². The highest BCUT2D eigenvalue weighted by Gasteiger charge is 2.23. The summed E-state index contributed by atoms with van der Waals surface area (Å²) in [6.45, 7) is 15.5. The van der Waals surface area contributed by atoms with Gasteiger partial charge in [0.25, 0.3) is 0 Å². The first-order valence-electron chi connectivity index (χ1n) is 8.40. The van der Waals surface area contributed by atoms with Crippen molar-refractivity contribution < 1.29 is 4.42 Å². The van der Waals surface area contributed by atoms with Gasteiger partial charge in [0.15, 0.2) is 0 Å². The maximum Gasteiger partial charge on any atom is 0.118 e. The summed E-state index contributed by atoms with van der Waals surface area (Å²) in [4.78, 5) is 2.59. The van der Waals surface area contributed by atoms with E-state index in [0.29, 0.717) is 11.5 Å². The normalized spacial score (nSPS) is 19.9. The third-order valence-electron chi connectivity index (χ3n) is 4.58. The largest absolute Gasteiger partial charge is 0.465 e. The minimum absolute atomic E-state index is 0.492. The van der Waals surface area contributed by atoms with Crippen LogP contribution in [0.5, 0.6) is 0 Å². The quantitative estimate of drug-likeness (QED) is 0.885. The molecule has 1 aromatic heterocycles. The zero-order chi connectivity index (χ0) is 15.5. The molecule has 0 spiro atoms. The van der Waals surface area contributed by atoms with Gasteiger partial charge < -0.3 is 9.73 Å². The highest BCUT2D eigenvalue weighted by Crippen LogP contribution is 2.30. The molecule has 0 aromatic carbocycles. The zero-order valence-corrected chi connectivity index (χ0v) is 14.5. The van der Waals surface area contributed by atoms with Crippen molar-refractivity contribution in [1.29, 1.82) is 0 Å². The van der Waals surface area contributed by atoms with Crippen molar-refractivity contribution in [1.82, 2.24) is 10.2 Å². The Labute approximate surface area is 130 Å². The molecule has 1 fully saturated rings. The Kier molecular flexibility index (Phi) is 5.50. The predicted molar refractivity (Wildman–Crippen MR) is 88.3 cm³/mol. The standard InChI is InChI=1S/C18H32N2O/c1-14(2)19-12-17-11-16(15(3)21-17)13-20-9-6-7-18(4,5)8-10-20/h11,14,19H,6-10,12-13H2,1-5H3. The lowest BCUT2D eigenvalue weighted by molar-refractivity contribution is 0.254. The average Bonchev–Trinajstić information content (AvgIpc) is 2.64. The van der Waals surface area contributed by atoms with Crippen LogP contribution in [0.4, 0.5) is 0 Å². The molecule has 3 nitrogen and oxygen atoms in total. The Morgan fingerprint density at radius 3 is 2.76 bits per heavy atom. The Morgan fingerprint density at radius 2 is 2.05 bits per heavy atom. The van der Waals surface area contributed by atoms with Crippen molar-refractivity contribution in [3.63, 3.8) is 0 Å². The number of rotatable bonds is 5. The number of hydrogen-bond acceptors (Lipinski definition) is 3. The second kappa shape index (κ2) is 6.97. The number of furan rings is 1. The van der Waals surface area contributed by atoms with Crippen LogP contribution in [-0.4, -0.2) is 24.0 Å². The number of aryl methyl sites for hydroxylation is 1. The molecule has 1 saturated heterocycles. The van der Waals surface area contributed by atoms with Gasteiger partial charge in [0.05, 0.1) is 6.54 Å². The molecule has 0 atom stereocenters. The highest BCUT2D eigenvalue weighted by atomic mass is 16.3. The minimum Gasteiger partial charge on any atom is -0.465 e. The van der Waals surface area contributed by atoms with Gasteiger partial charge in [0.1, 0.15) is 11.5 Å². The summed E-state index contributed by atoms with van der Waals surface area (Å²) in [5.74, 6) is 2.14. The fraction of sp³-hybridized carbons (Fsp3) is 0.778. The van der Waals surface area contributed by atoms with Crippen LogP contribution in [0.15, 0.2) is 10.5 Å². The molecule has 3 heteroatoms. The van der Waals surface area contributed by atoms with E-state index in [1.165, 1.54) is 37.9 Å². The summed E-state index contributed by atoms with van der Waals surface area (Å²) in [7, 11) is 0. The maximum atomic E-state index is 5.89. The fourth-order valence-corrected chi connectivity index (χ4v) is 3.01. The minimum atomic E-state index is 0.492. The van der Waals surface area contributed by atoms with Crippen LogP contribution in [0.3, 0.4) is 0 Å². The van der Waals surface area contributed by atoms with Crippen LogP contribution in [0.2, 0.25) is 0 Å². The number of likely N-dealkylation sites (tertiary alicyclic amines) is 1. The molecule has 2 rings (SSSR count). The van der Waals surface area contributed by atoms with Gasteiger partial charge in [-0.3, -0.25) is 4.90 Å². The highest BCUT2D eigenvalue weighted by molar-refractivity contribution is 5.20. The van der Waals surface area contributed by atoms with Gasteiger partial charge in [-0.25, -0.2) is 0 Å². The molecule has 0 amide bonds. The van der Waals surface area contributed by atoms with E-state index >= 15 is 0 Å². The number of hydrogen-bond donors (Lipinski definition) is 1. The molecule has 21 heavy (non-hydrogen) atoms. The van der Waals surface area contributed by atoms with Gasteiger partial charge in [0, 0.05) is 18.2 Å². The van der Waals surface area contributed by atoms with Gasteiger partial charge in [-0.1, -0.05) is 27.7 Å². The van der Waals surface area contributed by atoms with E-state index in [0.717, 1.165) is 24.6 Å². The van der Waals surface area contributed by atoms with Crippen molar-refractivity contribution >= 4 is 0 Å². The molecule has 1 aromatic rings. The monoisotopic (exact) mass is 292 g/mol. The van der Waals surface area contributed by atoms with Crippen molar-refractivity contribution in [2.24, 2.45) is 5.41 Å². The molecular weight excluding hydrogens is 260 g/mol. The molecule has 1 aliphatic rings. The molecule has 0 aliphatic carbocycles. The topological polar surface area (TPSA) is 28.4 Å². The Morgan fingerprint density at radius 1 is 1.29 bits per heavy atom. The molecular formula is C18H32N2O. The van der Waals surface area contributed by atoms with Crippen LogP contribution in [0.1, 0.15) is 64.0 Å². The molecule has 120 valence electrons. The first-order valence-corrected chi connectivity index (χ1v) is 8.40. The van der Waals surface area contributed by atoms with E-state index in [9.17, 15) is 0 Å².